The quantitative estimate of drug-likeness (QED) is 0.273. The summed E-state index contributed by atoms with van der Waals surface area (Å²) in [6, 6.07) is 12.0. The Morgan fingerprint density at radius 2 is 1.85 bits per heavy atom. The maximum atomic E-state index is 14.2. The summed E-state index contributed by atoms with van der Waals surface area (Å²) in [5, 5.41) is 17.8. The van der Waals surface area contributed by atoms with Crippen molar-refractivity contribution in [3.8, 4) is 17.7 Å². The average Bonchev–Trinajstić information content (AvgIpc) is 3.87. The summed E-state index contributed by atoms with van der Waals surface area (Å²) in [7, 11) is 0. The molecule has 208 valence electrons. The van der Waals surface area contributed by atoms with Crippen LogP contribution in [0, 0.1) is 35.5 Å². The molecule has 1 aromatic heterocycles. The van der Waals surface area contributed by atoms with E-state index in [9.17, 15) is 14.3 Å². The maximum Gasteiger partial charge on any atom is 0.251 e. The molecule has 7 heteroatoms. The van der Waals surface area contributed by atoms with Crippen molar-refractivity contribution in [3.63, 3.8) is 0 Å². The topological polar surface area (TPSA) is 83.5 Å². The minimum atomic E-state index is -0.839. The van der Waals surface area contributed by atoms with Gasteiger partial charge in [-0.2, -0.15) is 9.37 Å². The van der Waals surface area contributed by atoms with Gasteiger partial charge in [-0.15, -0.1) is 5.92 Å². The molecule has 0 unspecified atom stereocenters. The molecule has 4 atom stereocenters. The van der Waals surface area contributed by atoms with E-state index in [2.05, 4.69) is 27.5 Å². The molecule has 3 saturated carbocycles. The number of hydrogen-bond donors (Lipinski definition) is 3. The molecule has 0 radical (unpaired) electrons. The fourth-order valence-electron chi connectivity index (χ4n) is 5.19. The maximum absolute atomic E-state index is 14.2. The molecule has 5 rings (SSSR count). The van der Waals surface area contributed by atoms with Crippen LogP contribution in [0.25, 0.3) is 0 Å². The Labute approximate surface area is 231 Å². The van der Waals surface area contributed by atoms with E-state index in [-0.39, 0.29) is 17.5 Å². The summed E-state index contributed by atoms with van der Waals surface area (Å²) in [5.41, 5.74) is 1.13. The molecule has 0 aliphatic heterocycles. The van der Waals surface area contributed by atoms with E-state index in [4.69, 9.17) is 4.74 Å². The van der Waals surface area contributed by atoms with Gasteiger partial charge in [-0.1, -0.05) is 49.1 Å². The molecule has 2 aromatic rings. The number of hydrogen-bond acceptors (Lipinski definition) is 5. The number of ether oxygens (including phenoxy) is 1. The lowest BCUT2D eigenvalue weighted by molar-refractivity contribution is 0.0815. The van der Waals surface area contributed by atoms with Crippen molar-refractivity contribution in [1.29, 1.82) is 0 Å². The van der Waals surface area contributed by atoms with Gasteiger partial charge in [-0.25, -0.2) is 0 Å². The van der Waals surface area contributed by atoms with Crippen LogP contribution >= 0.6 is 0 Å². The number of nitrogens with one attached hydrogen (secondary N) is 2. The molecule has 3 aliphatic carbocycles. The van der Waals surface area contributed by atoms with Gasteiger partial charge >= 0.3 is 0 Å². The second-order valence-corrected chi connectivity index (χ2v) is 11.5. The van der Waals surface area contributed by atoms with E-state index in [1.54, 1.807) is 0 Å². The van der Waals surface area contributed by atoms with E-state index >= 15 is 0 Å². The van der Waals surface area contributed by atoms with Crippen molar-refractivity contribution >= 4 is 5.91 Å². The molecule has 1 amide bonds. The molecule has 1 aromatic carbocycles. The van der Waals surface area contributed by atoms with Gasteiger partial charge in [0.05, 0.1) is 18.8 Å². The van der Waals surface area contributed by atoms with Crippen LogP contribution in [0.2, 0.25) is 0 Å². The minimum absolute atomic E-state index is 0.111. The zero-order valence-corrected chi connectivity index (χ0v) is 22.6. The van der Waals surface area contributed by atoms with Crippen LogP contribution in [0.15, 0.2) is 42.5 Å². The number of benzene rings is 1. The van der Waals surface area contributed by atoms with E-state index in [1.165, 1.54) is 25.3 Å². The van der Waals surface area contributed by atoms with Crippen LogP contribution in [-0.2, 0) is 6.42 Å². The standard InChI is InChI=1S/C32H40FN3O3/c33-30-18-26(19-31(36-30)39-21-24-15-16-24)32(38)35-28(17-23-7-2-1-3-8-23)29(37)20-34-27-12-5-4-10-25(27)11-6-9-22-13-14-22/h1-3,7-8,18-19,22,24-25,27-29,34,37H,4-5,9-10,12-17,20-21H2,(H,35,38)/t25-,27+,28+,29-/m1/s1. The lowest BCUT2D eigenvalue weighted by Crippen LogP contribution is -2.51. The van der Waals surface area contributed by atoms with Crippen LogP contribution < -0.4 is 15.4 Å². The smallest absolute Gasteiger partial charge is 0.251 e. The molecule has 0 bridgehead atoms. The van der Waals surface area contributed by atoms with E-state index in [1.807, 2.05) is 30.3 Å². The number of carbonyl (C=O) groups excluding carboxylic acids is 1. The Hall–Kier alpha value is -2.95. The van der Waals surface area contributed by atoms with Crippen LogP contribution in [0.1, 0.15) is 73.7 Å². The Morgan fingerprint density at radius 3 is 2.62 bits per heavy atom. The molecule has 0 saturated heterocycles. The number of carbonyl (C=O) groups is 1. The van der Waals surface area contributed by atoms with Crippen molar-refractivity contribution in [1.82, 2.24) is 15.6 Å². The third-order valence-electron chi connectivity index (χ3n) is 8.01. The molecule has 39 heavy (non-hydrogen) atoms. The first-order valence-electron chi connectivity index (χ1n) is 14.6. The second-order valence-electron chi connectivity index (χ2n) is 11.5. The van der Waals surface area contributed by atoms with Gasteiger partial charge in [0.2, 0.25) is 11.8 Å². The van der Waals surface area contributed by atoms with Crippen molar-refractivity contribution in [3.05, 3.63) is 59.5 Å². The SMILES string of the molecule is O=C(N[C@@H](Cc1ccccc1)[C@H](O)CN[C@H]1CCCC[C@@H]1C#CCC1CC1)c1cc(F)nc(OCC2CC2)c1. The van der Waals surface area contributed by atoms with E-state index < -0.39 is 24.0 Å². The Morgan fingerprint density at radius 1 is 1.08 bits per heavy atom. The zero-order valence-electron chi connectivity index (χ0n) is 22.6. The fraction of sp³-hybridized carbons (Fsp3) is 0.562. The highest BCUT2D eigenvalue weighted by Gasteiger charge is 2.28. The Balaban J connectivity index is 1.23. The van der Waals surface area contributed by atoms with Gasteiger partial charge < -0.3 is 20.5 Å². The summed E-state index contributed by atoms with van der Waals surface area (Å²) < 4.78 is 19.8. The number of halogens is 1. The minimum Gasteiger partial charge on any atom is -0.477 e. The summed E-state index contributed by atoms with van der Waals surface area (Å²) in [4.78, 5) is 17.0. The first-order chi connectivity index (χ1) is 19.0. The van der Waals surface area contributed by atoms with Gasteiger partial charge in [0.15, 0.2) is 0 Å². The number of pyridine rings is 1. The second kappa shape index (κ2) is 13.4. The monoisotopic (exact) mass is 533 g/mol. The first-order valence-corrected chi connectivity index (χ1v) is 14.6. The highest BCUT2D eigenvalue weighted by Crippen LogP contribution is 2.32. The number of aliphatic hydroxyl groups is 1. The molecule has 0 spiro atoms. The third kappa shape index (κ3) is 8.78. The number of aromatic nitrogens is 1. The summed E-state index contributed by atoms with van der Waals surface area (Å²) in [6.07, 6.45) is 9.87. The molecular formula is C32H40FN3O3. The van der Waals surface area contributed by atoms with E-state index in [0.29, 0.717) is 31.4 Å². The number of aliphatic hydroxyl groups excluding tert-OH is 1. The van der Waals surface area contributed by atoms with Crippen molar-refractivity contribution in [2.75, 3.05) is 13.2 Å². The number of nitrogens with zero attached hydrogens (tertiary/aromatic N) is 1. The van der Waals surface area contributed by atoms with Crippen LogP contribution in [-0.4, -0.2) is 47.3 Å². The predicted octanol–water partition coefficient (Wildman–Crippen LogP) is 4.66. The van der Waals surface area contributed by atoms with E-state index in [0.717, 1.165) is 56.1 Å². The molecule has 3 fully saturated rings. The number of rotatable bonds is 12. The molecule has 3 aliphatic rings. The predicted molar refractivity (Wildman–Crippen MR) is 149 cm³/mol. The highest BCUT2D eigenvalue weighted by molar-refractivity contribution is 5.94. The van der Waals surface area contributed by atoms with Crippen LogP contribution in [0.5, 0.6) is 5.88 Å². The fourth-order valence-corrected chi connectivity index (χ4v) is 5.19. The molecule has 3 N–H and O–H groups in total. The van der Waals surface area contributed by atoms with Crippen molar-refractivity contribution in [2.45, 2.75) is 82.4 Å². The third-order valence-corrected chi connectivity index (χ3v) is 8.01. The first kappa shape index (κ1) is 27.6. The molecule has 6 nitrogen and oxygen atoms in total. The average molecular weight is 534 g/mol. The highest BCUT2D eigenvalue weighted by atomic mass is 19.1. The van der Waals surface area contributed by atoms with Gasteiger partial charge in [-0.3, -0.25) is 4.79 Å². The van der Waals surface area contributed by atoms with Gasteiger partial charge in [0.1, 0.15) is 0 Å². The normalized spacial score (nSPS) is 22.3. The van der Waals surface area contributed by atoms with Crippen molar-refractivity contribution in [2.24, 2.45) is 17.8 Å². The van der Waals surface area contributed by atoms with Gasteiger partial charge in [0.25, 0.3) is 5.91 Å². The zero-order chi connectivity index (χ0) is 27.0. The lowest BCUT2D eigenvalue weighted by Gasteiger charge is -2.31. The number of amides is 1. The summed E-state index contributed by atoms with van der Waals surface area (Å²) >= 11 is 0. The Kier molecular flexibility index (Phi) is 9.49. The summed E-state index contributed by atoms with van der Waals surface area (Å²) in [5.74, 6) is 7.37. The van der Waals surface area contributed by atoms with Gasteiger partial charge in [0, 0.05) is 42.6 Å². The summed E-state index contributed by atoms with van der Waals surface area (Å²) in [6.45, 7) is 0.815. The van der Waals surface area contributed by atoms with Crippen LogP contribution in [0.4, 0.5) is 4.39 Å². The lowest BCUT2D eigenvalue weighted by atomic mass is 9.84. The van der Waals surface area contributed by atoms with Crippen molar-refractivity contribution < 1.29 is 19.0 Å². The van der Waals surface area contributed by atoms with Gasteiger partial charge in [-0.05, 0) is 62.3 Å². The largest absolute Gasteiger partial charge is 0.477 e. The van der Waals surface area contributed by atoms with Crippen LogP contribution in [0.3, 0.4) is 0 Å². The Bertz CT molecular complexity index is 1160. The molecule has 1 heterocycles. The molecular weight excluding hydrogens is 493 g/mol.